The molecule has 1 fully saturated rings. The Labute approximate surface area is 72.6 Å². The number of carbonyl (C=O) groups excluding carboxylic acids is 1. The number of esters is 1. The second-order valence-corrected chi connectivity index (χ2v) is 3.79. The Kier molecular flexibility index (Phi) is 1.91. The number of allylic oxidation sites excluding steroid dienone is 2. The lowest BCUT2D eigenvalue weighted by molar-refractivity contribution is -0.146. The summed E-state index contributed by atoms with van der Waals surface area (Å²) in [6, 6.07) is 0. The molecule has 66 valence electrons. The molecule has 2 aliphatic carbocycles. The van der Waals surface area contributed by atoms with E-state index in [0.717, 1.165) is 12.8 Å². The third-order valence-electron chi connectivity index (χ3n) is 3.08. The van der Waals surface area contributed by atoms with E-state index in [4.69, 9.17) is 4.74 Å². The summed E-state index contributed by atoms with van der Waals surface area (Å²) in [6.45, 7) is 0. The first-order valence-corrected chi connectivity index (χ1v) is 4.55. The van der Waals surface area contributed by atoms with Crippen molar-refractivity contribution in [2.45, 2.75) is 19.3 Å². The van der Waals surface area contributed by atoms with Gasteiger partial charge in [0.05, 0.1) is 13.0 Å². The molecule has 0 aliphatic heterocycles. The minimum absolute atomic E-state index is 0.00815. The predicted molar refractivity (Wildman–Crippen MR) is 45.5 cm³/mol. The van der Waals surface area contributed by atoms with Gasteiger partial charge >= 0.3 is 5.97 Å². The Morgan fingerprint density at radius 2 is 2.33 bits per heavy atom. The molecule has 0 saturated heterocycles. The van der Waals surface area contributed by atoms with Gasteiger partial charge in [-0.3, -0.25) is 4.79 Å². The van der Waals surface area contributed by atoms with Crippen LogP contribution in [0.1, 0.15) is 19.3 Å². The van der Waals surface area contributed by atoms with Gasteiger partial charge in [0.25, 0.3) is 0 Å². The maximum atomic E-state index is 11.3. The average molecular weight is 166 g/mol. The monoisotopic (exact) mass is 166 g/mol. The van der Waals surface area contributed by atoms with Gasteiger partial charge in [-0.1, -0.05) is 12.2 Å². The highest BCUT2D eigenvalue weighted by Gasteiger charge is 2.39. The van der Waals surface area contributed by atoms with Crippen molar-refractivity contribution < 1.29 is 9.53 Å². The normalized spacial score (nSPS) is 38.2. The van der Waals surface area contributed by atoms with Crippen LogP contribution in [0.2, 0.25) is 0 Å². The minimum Gasteiger partial charge on any atom is -0.469 e. The minimum atomic E-state index is -0.00815. The molecule has 3 unspecified atom stereocenters. The zero-order chi connectivity index (χ0) is 8.55. The van der Waals surface area contributed by atoms with Crippen molar-refractivity contribution in [2.24, 2.45) is 17.8 Å². The highest BCUT2D eigenvalue weighted by atomic mass is 16.5. The van der Waals surface area contributed by atoms with E-state index < -0.39 is 0 Å². The van der Waals surface area contributed by atoms with Crippen LogP contribution in [0.3, 0.4) is 0 Å². The first-order valence-electron chi connectivity index (χ1n) is 4.55. The van der Waals surface area contributed by atoms with Crippen LogP contribution < -0.4 is 0 Å². The molecule has 0 N–H and O–H groups in total. The fourth-order valence-corrected chi connectivity index (χ4v) is 2.47. The number of rotatable bonds is 1. The summed E-state index contributed by atoms with van der Waals surface area (Å²) in [6.07, 6.45) is 7.72. The standard InChI is InChI=1S/C10H14O2/c1-12-10(11)9-6-7-3-2-4-8(9)5-7/h2-3,7-9H,4-6H2,1H3. The first-order chi connectivity index (χ1) is 5.81. The van der Waals surface area contributed by atoms with Gasteiger partial charge in [0.15, 0.2) is 0 Å². The zero-order valence-electron chi connectivity index (χ0n) is 7.32. The van der Waals surface area contributed by atoms with Crippen LogP contribution >= 0.6 is 0 Å². The number of methoxy groups -OCH3 is 1. The van der Waals surface area contributed by atoms with Gasteiger partial charge in [0.1, 0.15) is 0 Å². The van der Waals surface area contributed by atoms with Crippen molar-refractivity contribution >= 4 is 5.97 Å². The van der Waals surface area contributed by atoms with Gasteiger partial charge in [-0.05, 0) is 31.1 Å². The molecule has 2 aliphatic rings. The molecule has 2 nitrogen and oxygen atoms in total. The van der Waals surface area contributed by atoms with Crippen LogP contribution in [0.5, 0.6) is 0 Å². The summed E-state index contributed by atoms with van der Waals surface area (Å²) < 4.78 is 4.78. The van der Waals surface area contributed by atoms with E-state index in [9.17, 15) is 4.79 Å². The van der Waals surface area contributed by atoms with Crippen LogP contribution in [-0.2, 0) is 9.53 Å². The first kappa shape index (κ1) is 7.84. The fraction of sp³-hybridized carbons (Fsp3) is 0.700. The van der Waals surface area contributed by atoms with Crippen molar-refractivity contribution in [1.29, 1.82) is 0 Å². The Bertz CT molecular complexity index is 220. The van der Waals surface area contributed by atoms with Crippen molar-refractivity contribution in [3.05, 3.63) is 12.2 Å². The molecule has 2 heteroatoms. The van der Waals surface area contributed by atoms with E-state index in [-0.39, 0.29) is 11.9 Å². The van der Waals surface area contributed by atoms with E-state index in [0.29, 0.717) is 11.8 Å². The van der Waals surface area contributed by atoms with E-state index in [1.54, 1.807) is 0 Å². The van der Waals surface area contributed by atoms with Crippen molar-refractivity contribution in [2.75, 3.05) is 7.11 Å². The Morgan fingerprint density at radius 1 is 1.50 bits per heavy atom. The lowest BCUT2D eigenvalue weighted by atomic mass is 9.91. The van der Waals surface area contributed by atoms with Gasteiger partial charge < -0.3 is 4.74 Å². The molecule has 12 heavy (non-hydrogen) atoms. The number of hydrogen-bond acceptors (Lipinski definition) is 2. The van der Waals surface area contributed by atoms with E-state index >= 15 is 0 Å². The second-order valence-electron chi connectivity index (χ2n) is 3.79. The molecule has 1 saturated carbocycles. The van der Waals surface area contributed by atoms with Crippen LogP contribution in [0.25, 0.3) is 0 Å². The third kappa shape index (κ3) is 1.15. The molecule has 0 spiro atoms. The zero-order valence-corrected chi connectivity index (χ0v) is 7.32. The molecular weight excluding hydrogens is 152 g/mol. The predicted octanol–water partition coefficient (Wildman–Crippen LogP) is 1.76. The maximum absolute atomic E-state index is 11.3. The molecule has 0 aromatic carbocycles. The van der Waals surface area contributed by atoms with E-state index in [1.807, 2.05) is 0 Å². The summed E-state index contributed by atoms with van der Waals surface area (Å²) in [5, 5.41) is 0. The number of fused-ring (bicyclic) bond motifs is 2. The smallest absolute Gasteiger partial charge is 0.308 e. The summed E-state index contributed by atoms with van der Waals surface area (Å²) in [5.41, 5.74) is 0. The number of ether oxygens (including phenoxy) is 1. The van der Waals surface area contributed by atoms with Crippen LogP contribution in [0.15, 0.2) is 12.2 Å². The molecule has 0 aromatic rings. The quantitative estimate of drug-likeness (QED) is 0.438. The number of carbonyl (C=O) groups is 1. The van der Waals surface area contributed by atoms with Crippen LogP contribution in [-0.4, -0.2) is 13.1 Å². The van der Waals surface area contributed by atoms with Gasteiger partial charge in [0, 0.05) is 0 Å². The molecule has 0 heterocycles. The lowest BCUT2D eigenvalue weighted by Crippen LogP contribution is -2.19. The highest BCUT2D eigenvalue weighted by Crippen LogP contribution is 2.42. The summed E-state index contributed by atoms with van der Waals surface area (Å²) in [4.78, 5) is 11.3. The molecule has 0 radical (unpaired) electrons. The lowest BCUT2D eigenvalue weighted by Gasteiger charge is -2.15. The maximum Gasteiger partial charge on any atom is 0.308 e. The SMILES string of the molecule is COC(=O)C1CC2C=CCC1C2. The average Bonchev–Trinajstić information content (AvgIpc) is 2.40. The molecule has 2 rings (SSSR count). The fourth-order valence-electron chi connectivity index (χ4n) is 2.47. The van der Waals surface area contributed by atoms with E-state index in [2.05, 4.69) is 12.2 Å². The Morgan fingerprint density at radius 3 is 3.00 bits per heavy atom. The Balaban J connectivity index is 2.08. The molecule has 3 atom stereocenters. The van der Waals surface area contributed by atoms with Crippen molar-refractivity contribution in [1.82, 2.24) is 0 Å². The van der Waals surface area contributed by atoms with Crippen LogP contribution in [0, 0.1) is 17.8 Å². The van der Waals surface area contributed by atoms with Gasteiger partial charge in [-0.15, -0.1) is 0 Å². The number of hydrogen-bond donors (Lipinski definition) is 0. The van der Waals surface area contributed by atoms with E-state index in [1.165, 1.54) is 13.5 Å². The molecule has 2 bridgehead atoms. The van der Waals surface area contributed by atoms with Gasteiger partial charge in [-0.2, -0.15) is 0 Å². The van der Waals surface area contributed by atoms with Crippen molar-refractivity contribution in [3.8, 4) is 0 Å². The molecular formula is C10H14O2. The second kappa shape index (κ2) is 2.92. The van der Waals surface area contributed by atoms with Gasteiger partial charge in [0.2, 0.25) is 0 Å². The summed E-state index contributed by atoms with van der Waals surface area (Å²) >= 11 is 0. The van der Waals surface area contributed by atoms with Crippen molar-refractivity contribution in [3.63, 3.8) is 0 Å². The summed E-state index contributed by atoms with van der Waals surface area (Å²) in [5.74, 6) is 1.38. The topological polar surface area (TPSA) is 26.3 Å². The molecule has 0 aromatic heterocycles. The van der Waals surface area contributed by atoms with Crippen LogP contribution in [0.4, 0.5) is 0 Å². The third-order valence-corrected chi connectivity index (χ3v) is 3.08. The Hall–Kier alpha value is -0.790. The molecule has 0 amide bonds. The highest BCUT2D eigenvalue weighted by molar-refractivity contribution is 5.73. The van der Waals surface area contributed by atoms with Gasteiger partial charge in [-0.25, -0.2) is 0 Å². The summed E-state index contributed by atoms with van der Waals surface area (Å²) in [7, 11) is 1.48. The largest absolute Gasteiger partial charge is 0.469 e.